The van der Waals surface area contributed by atoms with Crippen molar-refractivity contribution in [2.75, 3.05) is 19.7 Å². The summed E-state index contributed by atoms with van der Waals surface area (Å²) >= 11 is 0. The lowest BCUT2D eigenvalue weighted by molar-refractivity contribution is -0.220. The minimum Gasteiger partial charge on any atom is -0.372 e. The molecule has 0 radical (unpaired) electrons. The molecule has 2 heteroatoms. The van der Waals surface area contributed by atoms with Gasteiger partial charge in [-0.25, -0.2) is 0 Å². The van der Waals surface area contributed by atoms with E-state index in [0.29, 0.717) is 5.60 Å². The summed E-state index contributed by atoms with van der Waals surface area (Å²) in [6.07, 6.45) is 0. The Morgan fingerprint density at radius 3 is 2.38 bits per heavy atom. The molecule has 2 rings (SSSR count). The van der Waals surface area contributed by atoms with Crippen molar-refractivity contribution < 1.29 is 4.74 Å². The SMILES string of the molecule is C[C@@H]1COC12CNC2. The molecule has 2 aliphatic rings. The molecule has 1 atom stereocenters. The van der Waals surface area contributed by atoms with E-state index in [-0.39, 0.29) is 0 Å². The Hall–Kier alpha value is -0.0800. The first-order valence-corrected chi connectivity index (χ1v) is 3.18. The number of nitrogens with one attached hydrogen (secondary N) is 1. The van der Waals surface area contributed by atoms with Crippen LogP contribution >= 0.6 is 0 Å². The zero-order chi connectivity index (χ0) is 5.61. The summed E-state index contributed by atoms with van der Waals surface area (Å²) in [5.41, 5.74) is 0.292. The molecule has 0 aromatic carbocycles. The standard InChI is InChI=1S/C6H11NO/c1-5-2-8-6(5)3-7-4-6/h5,7H,2-4H2,1H3/t5-/m1/s1. The summed E-state index contributed by atoms with van der Waals surface area (Å²) in [5.74, 6) is 0.795. The van der Waals surface area contributed by atoms with Gasteiger partial charge in [0, 0.05) is 19.0 Å². The van der Waals surface area contributed by atoms with Gasteiger partial charge in [0.05, 0.1) is 12.2 Å². The van der Waals surface area contributed by atoms with Crippen LogP contribution in [-0.2, 0) is 4.74 Å². The fourth-order valence-corrected chi connectivity index (χ4v) is 1.31. The Bertz CT molecular complexity index is 104. The normalized spacial score (nSPS) is 40.9. The molecule has 1 spiro atoms. The van der Waals surface area contributed by atoms with E-state index in [1.54, 1.807) is 0 Å². The molecule has 8 heavy (non-hydrogen) atoms. The van der Waals surface area contributed by atoms with Gasteiger partial charge >= 0.3 is 0 Å². The molecule has 0 unspecified atom stereocenters. The molecule has 0 aromatic rings. The first-order chi connectivity index (χ1) is 3.83. The van der Waals surface area contributed by atoms with E-state index in [1.807, 2.05) is 0 Å². The van der Waals surface area contributed by atoms with Gasteiger partial charge in [0.2, 0.25) is 0 Å². The fourth-order valence-electron chi connectivity index (χ4n) is 1.31. The highest BCUT2D eigenvalue weighted by atomic mass is 16.5. The van der Waals surface area contributed by atoms with Crippen LogP contribution in [-0.4, -0.2) is 25.3 Å². The van der Waals surface area contributed by atoms with Crippen LogP contribution in [0.5, 0.6) is 0 Å². The lowest BCUT2D eigenvalue weighted by Gasteiger charge is -2.54. The third kappa shape index (κ3) is 0.361. The lowest BCUT2D eigenvalue weighted by Crippen LogP contribution is -2.71. The number of rotatable bonds is 0. The lowest BCUT2D eigenvalue weighted by atomic mass is 9.79. The smallest absolute Gasteiger partial charge is 0.0977 e. The molecular formula is C6H11NO. The fraction of sp³-hybridized carbons (Fsp3) is 1.00. The van der Waals surface area contributed by atoms with E-state index in [0.717, 1.165) is 25.6 Å². The van der Waals surface area contributed by atoms with Crippen LogP contribution in [0.25, 0.3) is 0 Å². The molecule has 1 N–H and O–H groups in total. The number of hydrogen-bond acceptors (Lipinski definition) is 2. The van der Waals surface area contributed by atoms with E-state index in [9.17, 15) is 0 Å². The van der Waals surface area contributed by atoms with Crippen molar-refractivity contribution in [2.45, 2.75) is 12.5 Å². The van der Waals surface area contributed by atoms with Crippen molar-refractivity contribution in [1.29, 1.82) is 0 Å². The van der Waals surface area contributed by atoms with Crippen LogP contribution in [0.3, 0.4) is 0 Å². The zero-order valence-electron chi connectivity index (χ0n) is 5.11. The average Bonchev–Trinajstić information content (AvgIpc) is 1.58. The first-order valence-electron chi connectivity index (χ1n) is 3.18. The highest BCUT2D eigenvalue weighted by Gasteiger charge is 2.50. The molecule has 46 valence electrons. The molecule has 2 saturated heterocycles. The van der Waals surface area contributed by atoms with Gasteiger partial charge in [-0.05, 0) is 0 Å². The minimum atomic E-state index is 0.292. The summed E-state index contributed by atoms with van der Waals surface area (Å²) in [6, 6.07) is 0. The van der Waals surface area contributed by atoms with Crippen LogP contribution in [0.1, 0.15) is 6.92 Å². The summed E-state index contributed by atoms with van der Waals surface area (Å²) < 4.78 is 5.40. The predicted octanol–water partition coefficient (Wildman–Crippen LogP) is -0.00530. The second-order valence-corrected chi connectivity index (χ2v) is 2.88. The van der Waals surface area contributed by atoms with Crippen LogP contribution in [0.2, 0.25) is 0 Å². The summed E-state index contributed by atoms with van der Waals surface area (Å²) in [7, 11) is 0. The minimum absolute atomic E-state index is 0.292. The Morgan fingerprint density at radius 1 is 1.62 bits per heavy atom. The van der Waals surface area contributed by atoms with Crippen molar-refractivity contribution in [1.82, 2.24) is 5.32 Å². The topological polar surface area (TPSA) is 21.3 Å². The van der Waals surface area contributed by atoms with Crippen LogP contribution < -0.4 is 5.32 Å². The largest absolute Gasteiger partial charge is 0.372 e. The summed E-state index contributed by atoms with van der Waals surface area (Å²) in [4.78, 5) is 0. The Labute approximate surface area is 49.2 Å². The van der Waals surface area contributed by atoms with E-state index in [4.69, 9.17) is 4.74 Å². The molecule has 0 aliphatic carbocycles. The van der Waals surface area contributed by atoms with Crippen LogP contribution in [0.4, 0.5) is 0 Å². The summed E-state index contributed by atoms with van der Waals surface area (Å²) in [6.45, 7) is 5.38. The number of hydrogen-bond donors (Lipinski definition) is 1. The molecule has 2 heterocycles. The molecule has 2 fully saturated rings. The average molecular weight is 113 g/mol. The van der Waals surface area contributed by atoms with E-state index >= 15 is 0 Å². The van der Waals surface area contributed by atoms with E-state index in [2.05, 4.69) is 12.2 Å². The molecular weight excluding hydrogens is 102 g/mol. The van der Waals surface area contributed by atoms with Gasteiger partial charge in [0.1, 0.15) is 0 Å². The third-order valence-electron chi connectivity index (χ3n) is 2.37. The molecule has 0 bridgehead atoms. The molecule has 2 aliphatic heterocycles. The Balaban J connectivity index is 2.03. The van der Waals surface area contributed by atoms with Crippen LogP contribution in [0.15, 0.2) is 0 Å². The quantitative estimate of drug-likeness (QED) is 0.477. The Kier molecular flexibility index (Phi) is 0.746. The van der Waals surface area contributed by atoms with Gasteiger partial charge in [-0.1, -0.05) is 6.92 Å². The van der Waals surface area contributed by atoms with Crippen molar-refractivity contribution in [3.8, 4) is 0 Å². The van der Waals surface area contributed by atoms with Gasteiger partial charge in [-0.2, -0.15) is 0 Å². The first kappa shape index (κ1) is 4.77. The van der Waals surface area contributed by atoms with E-state index in [1.165, 1.54) is 0 Å². The van der Waals surface area contributed by atoms with Crippen molar-refractivity contribution in [3.63, 3.8) is 0 Å². The van der Waals surface area contributed by atoms with Gasteiger partial charge in [-0.15, -0.1) is 0 Å². The predicted molar refractivity (Wildman–Crippen MR) is 30.7 cm³/mol. The maximum absolute atomic E-state index is 5.40. The monoisotopic (exact) mass is 113 g/mol. The maximum Gasteiger partial charge on any atom is 0.0977 e. The van der Waals surface area contributed by atoms with Crippen molar-refractivity contribution in [3.05, 3.63) is 0 Å². The molecule has 0 saturated carbocycles. The molecule has 0 aromatic heterocycles. The van der Waals surface area contributed by atoms with Gasteiger partial charge in [0.25, 0.3) is 0 Å². The van der Waals surface area contributed by atoms with Crippen LogP contribution in [0, 0.1) is 5.92 Å². The highest BCUT2D eigenvalue weighted by Crippen LogP contribution is 2.35. The number of ether oxygens (including phenoxy) is 1. The summed E-state index contributed by atoms with van der Waals surface area (Å²) in [5, 5.41) is 3.21. The van der Waals surface area contributed by atoms with E-state index < -0.39 is 0 Å². The van der Waals surface area contributed by atoms with Gasteiger partial charge in [-0.3, -0.25) is 0 Å². The molecule has 2 nitrogen and oxygen atoms in total. The third-order valence-corrected chi connectivity index (χ3v) is 2.37. The second kappa shape index (κ2) is 1.25. The zero-order valence-corrected chi connectivity index (χ0v) is 5.11. The molecule has 0 amide bonds. The van der Waals surface area contributed by atoms with Crippen molar-refractivity contribution >= 4 is 0 Å². The Morgan fingerprint density at radius 2 is 2.38 bits per heavy atom. The van der Waals surface area contributed by atoms with Gasteiger partial charge < -0.3 is 10.1 Å². The van der Waals surface area contributed by atoms with Gasteiger partial charge in [0.15, 0.2) is 0 Å². The second-order valence-electron chi connectivity index (χ2n) is 2.88. The maximum atomic E-state index is 5.40. The highest BCUT2D eigenvalue weighted by molar-refractivity contribution is 5.03. The van der Waals surface area contributed by atoms with Crippen molar-refractivity contribution in [2.24, 2.45) is 5.92 Å².